The third kappa shape index (κ3) is 0.605. The Bertz CT molecular complexity index is 218. The van der Waals surface area contributed by atoms with E-state index >= 15 is 0 Å². The number of aliphatic hydroxyl groups is 2. The van der Waals surface area contributed by atoms with E-state index in [9.17, 15) is 10.2 Å². The van der Waals surface area contributed by atoms with Gasteiger partial charge in [0.15, 0.2) is 0 Å². The van der Waals surface area contributed by atoms with Crippen LogP contribution >= 0.6 is 0 Å². The summed E-state index contributed by atoms with van der Waals surface area (Å²) in [6.07, 6.45) is 1.81. The van der Waals surface area contributed by atoms with Crippen LogP contribution in [0.15, 0.2) is 0 Å². The van der Waals surface area contributed by atoms with E-state index in [-0.39, 0.29) is 24.2 Å². The predicted octanol–water partition coefficient (Wildman–Crippen LogP) is -0.235. The Kier molecular flexibility index (Phi) is 1.23. The van der Waals surface area contributed by atoms with Gasteiger partial charge in [-0.1, -0.05) is 0 Å². The van der Waals surface area contributed by atoms with Crippen molar-refractivity contribution in [2.24, 2.45) is 17.3 Å². The molecular weight excluding hydrogens is 156 g/mol. The van der Waals surface area contributed by atoms with Crippen molar-refractivity contribution >= 4 is 0 Å². The summed E-state index contributed by atoms with van der Waals surface area (Å²) in [7, 11) is 0. The lowest BCUT2D eigenvalue weighted by molar-refractivity contribution is -0.0112. The van der Waals surface area contributed by atoms with Crippen LogP contribution in [-0.4, -0.2) is 35.6 Å². The Balaban J connectivity index is 1.98. The summed E-state index contributed by atoms with van der Waals surface area (Å²) >= 11 is 0. The van der Waals surface area contributed by atoms with Crippen LogP contribution in [0.3, 0.4) is 0 Å². The van der Waals surface area contributed by atoms with Crippen LogP contribution in [0.1, 0.15) is 12.8 Å². The smallest absolute Gasteiger partial charge is 0.0872 e. The molecular formula is C9H14O3. The molecule has 68 valence electrons. The molecule has 5 unspecified atom stereocenters. The molecule has 5 atom stereocenters. The van der Waals surface area contributed by atoms with Crippen LogP contribution in [0.2, 0.25) is 0 Å². The standard InChI is InChI=1S/C9H14O3/c10-3-9-2-5-1-6(9)8(7(5)11)12-4-9/h5-8,10-11H,1-4H2. The Morgan fingerprint density at radius 3 is 3.00 bits per heavy atom. The maximum Gasteiger partial charge on any atom is 0.0872 e. The van der Waals surface area contributed by atoms with Crippen molar-refractivity contribution in [3.63, 3.8) is 0 Å². The van der Waals surface area contributed by atoms with Gasteiger partial charge in [0, 0.05) is 5.41 Å². The van der Waals surface area contributed by atoms with Crippen molar-refractivity contribution in [3.8, 4) is 0 Å². The van der Waals surface area contributed by atoms with Crippen molar-refractivity contribution in [1.29, 1.82) is 0 Å². The predicted molar refractivity (Wildman–Crippen MR) is 41.5 cm³/mol. The number of hydrogen-bond acceptors (Lipinski definition) is 3. The molecule has 0 aromatic carbocycles. The highest BCUT2D eigenvalue weighted by Gasteiger charge is 2.64. The van der Waals surface area contributed by atoms with Gasteiger partial charge in [0.05, 0.1) is 25.4 Å². The van der Waals surface area contributed by atoms with E-state index in [0.29, 0.717) is 18.4 Å². The van der Waals surface area contributed by atoms with Gasteiger partial charge in [0.1, 0.15) is 0 Å². The van der Waals surface area contributed by atoms with E-state index in [1.165, 1.54) is 0 Å². The van der Waals surface area contributed by atoms with Gasteiger partial charge in [-0.2, -0.15) is 0 Å². The summed E-state index contributed by atoms with van der Waals surface area (Å²) < 4.78 is 5.53. The van der Waals surface area contributed by atoms with Crippen LogP contribution in [0.4, 0.5) is 0 Å². The van der Waals surface area contributed by atoms with Crippen molar-refractivity contribution in [1.82, 2.24) is 0 Å². The van der Waals surface area contributed by atoms with E-state index < -0.39 is 0 Å². The highest BCUT2D eigenvalue weighted by atomic mass is 16.5. The summed E-state index contributed by atoms with van der Waals surface area (Å²) in [6.45, 7) is 0.893. The third-order valence-corrected chi connectivity index (χ3v) is 4.11. The summed E-state index contributed by atoms with van der Waals surface area (Å²) in [4.78, 5) is 0. The second-order valence-corrected chi connectivity index (χ2v) is 4.59. The molecule has 0 radical (unpaired) electrons. The topological polar surface area (TPSA) is 49.7 Å². The van der Waals surface area contributed by atoms with E-state index in [1.807, 2.05) is 0 Å². The molecule has 3 rings (SSSR count). The van der Waals surface area contributed by atoms with E-state index in [4.69, 9.17) is 4.74 Å². The minimum atomic E-state index is -0.253. The van der Waals surface area contributed by atoms with Crippen LogP contribution in [0.25, 0.3) is 0 Å². The van der Waals surface area contributed by atoms with Gasteiger partial charge in [-0.15, -0.1) is 0 Å². The second kappa shape index (κ2) is 2.03. The molecule has 3 aliphatic rings. The maximum absolute atomic E-state index is 9.71. The van der Waals surface area contributed by atoms with Gasteiger partial charge in [-0.25, -0.2) is 0 Å². The lowest BCUT2D eigenvalue weighted by atomic mass is 9.75. The van der Waals surface area contributed by atoms with Crippen LogP contribution in [-0.2, 0) is 4.74 Å². The molecule has 3 heteroatoms. The van der Waals surface area contributed by atoms with Gasteiger partial charge in [-0.3, -0.25) is 0 Å². The lowest BCUT2D eigenvalue weighted by Gasteiger charge is -2.30. The number of rotatable bonds is 1. The number of aliphatic hydroxyl groups excluding tert-OH is 2. The zero-order chi connectivity index (χ0) is 8.34. The molecule has 3 fully saturated rings. The van der Waals surface area contributed by atoms with Crippen molar-refractivity contribution in [2.75, 3.05) is 13.2 Å². The molecule has 2 N–H and O–H groups in total. The zero-order valence-electron chi connectivity index (χ0n) is 6.94. The number of ether oxygens (including phenoxy) is 1. The molecule has 0 aromatic rings. The van der Waals surface area contributed by atoms with Gasteiger partial charge in [-0.05, 0) is 24.7 Å². The third-order valence-electron chi connectivity index (χ3n) is 4.11. The van der Waals surface area contributed by atoms with Crippen molar-refractivity contribution < 1.29 is 14.9 Å². The van der Waals surface area contributed by atoms with E-state index in [0.717, 1.165) is 12.8 Å². The molecule has 1 heterocycles. The first-order chi connectivity index (χ1) is 5.77. The Hall–Kier alpha value is -0.120. The normalized spacial score (nSPS) is 61.5. The largest absolute Gasteiger partial charge is 0.396 e. The highest BCUT2D eigenvalue weighted by molar-refractivity contribution is 5.12. The molecule has 1 aliphatic heterocycles. The summed E-state index contributed by atoms with van der Waals surface area (Å²) in [5, 5.41) is 19.0. The molecule has 12 heavy (non-hydrogen) atoms. The maximum atomic E-state index is 9.71. The molecule has 2 aliphatic carbocycles. The Morgan fingerprint density at radius 1 is 1.50 bits per heavy atom. The molecule has 0 spiro atoms. The molecule has 2 saturated carbocycles. The summed E-state index contributed by atoms with van der Waals surface area (Å²) in [6, 6.07) is 0. The van der Waals surface area contributed by atoms with Gasteiger partial charge in [0.25, 0.3) is 0 Å². The van der Waals surface area contributed by atoms with Crippen LogP contribution in [0.5, 0.6) is 0 Å². The Labute approximate surface area is 71.3 Å². The molecule has 0 amide bonds. The minimum Gasteiger partial charge on any atom is -0.396 e. The van der Waals surface area contributed by atoms with Crippen LogP contribution in [0, 0.1) is 17.3 Å². The fourth-order valence-electron chi connectivity index (χ4n) is 3.45. The summed E-state index contributed by atoms with van der Waals surface area (Å²) in [5.41, 5.74) is 0.0224. The second-order valence-electron chi connectivity index (χ2n) is 4.59. The SMILES string of the molecule is OCC12COC3C(O)C(CC31)C2. The fourth-order valence-corrected chi connectivity index (χ4v) is 3.45. The average Bonchev–Trinajstić information content (AvgIpc) is 2.61. The van der Waals surface area contributed by atoms with Gasteiger partial charge >= 0.3 is 0 Å². The lowest BCUT2D eigenvalue weighted by Crippen LogP contribution is -2.39. The Morgan fingerprint density at radius 2 is 2.33 bits per heavy atom. The van der Waals surface area contributed by atoms with Gasteiger partial charge in [0.2, 0.25) is 0 Å². The summed E-state index contributed by atoms with van der Waals surface area (Å²) in [5.74, 6) is 0.831. The number of hydrogen-bond donors (Lipinski definition) is 2. The fraction of sp³-hybridized carbons (Fsp3) is 1.00. The van der Waals surface area contributed by atoms with E-state index in [2.05, 4.69) is 0 Å². The first-order valence-electron chi connectivity index (χ1n) is 4.67. The first-order valence-corrected chi connectivity index (χ1v) is 4.67. The van der Waals surface area contributed by atoms with Crippen LogP contribution < -0.4 is 0 Å². The number of fused-ring (bicyclic) bond motifs is 1. The molecule has 1 saturated heterocycles. The van der Waals surface area contributed by atoms with Crippen molar-refractivity contribution in [3.05, 3.63) is 0 Å². The van der Waals surface area contributed by atoms with Crippen molar-refractivity contribution in [2.45, 2.75) is 25.0 Å². The molecule has 0 aromatic heterocycles. The molecule has 3 nitrogen and oxygen atoms in total. The quantitative estimate of drug-likeness (QED) is 0.571. The minimum absolute atomic E-state index is 0.0224. The first kappa shape index (κ1) is 7.30. The monoisotopic (exact) mass is 170 g/mol. The average molecular weight is 170 g/mol. The molecule has 2 bridgehead atoms. The zero-order valence-corrected chi connectivity index (χ0v) is 6.94. The van der Waals surface area contributed by atoms with Gasteiger partial charge < -0.3 is 14.9 Å². The highest BCUT2D eigenvalue weighted by Crippen LogP contribution is 2.60. The van der Waals surface area contributed by atoms with E-state index in [1.54, 1.807) is 0 Å².